The Bertz CT molecular complexity index is 1220. The first kappa shape index (κ1) is 19.4. The number of aromatic amines is 1. The van der Waals surface area contributed by atoms with E-state index in [0.29, 0.717) is 6.54 Å². The summed E-state index contributed by atoms with van der Waals surface area (Å²) in [4.78, 5) is 34.4. The predicted octanol–water partition coefficient (Wildman–Crippen LogP) is 4.74. The van der Waals surface area contributed by atoms with Crippen LogP contribution in [0.4, 0.5) is 4.79 Å². The first-order valence-corrected chi connectivity index (χ1v) is 11.5. The van der Waals surface area contributed by atoms with Crippen LogP contribution in [0.15, 0.2) is 48.5 Å². The molecule has 0 bridgehead atoms. The van der Waals surface area contributed by atoms with Crippen molar-refractivity contribution in [2.24, 2.45) is 0 Å². The first-order valence-electron chi connectivity index (χ1n) is 11.5. The number of para-hydroxylation sites is 1. The zero-order chi connectivity index (χ0) is 22.0. The molecule has 3 heterocycles. The molecule has 1 aliphatic carbocycles. The highest BCUT2D eigenvalue weighted by Gasteiger charge is 2.67. The Kier molecular flexibility index (Phi) is 4.16. The molecule has 0 radical (unpaired) electrons. The lowest BCUT2D eigenvalue weighted by Crippen LogP contribution is -2.50. The lowest BCUT2D eigenvalue weighted by molar-refractivity contribution is -0.129. The number of amides is 3. The minimum Gasteiger partial charge on any atom is -0.497 e. The fourth-order valence-electron chi connectivity index (χ4n) is 5.85. The number of fused-ring (bicyclic) bond motifs is 6. The molecule has 2 fully saturated rings. The van der Waals surface area contributed by atoms with E-state index in [1.54, 1.807) is 7.11 Å². The number of hydrogen-bond acceptors (Lipinski definition) is 3. The van der Waals surface area contributed by atoms with Gasteiger partial charge in [-0.1, -0.05) is 43.7 Å². The minimum absolute atomic E-state index is 0.0320. The summed E-state index contributed by atoms with van der Waals surface area (Å²) < 4.78 is 5.35. The van der Waals surface area contributed by atoms with Crippen LogP contribution in [-0.2, 0) is 10.2 Å². The third-order valence-electron chi connectivity index (χ3n) is 7.49. The number of hydrogen-bond donors (Lipinski definition) is 1. The van der Waals surface area contributed by atoms with E-state index in [0.717, 1.165) is 48.2 Å². The first-order chi connectivity index (χ1) is 15.6. The van der Waals surface area contributed by atoms with Crippen LogP contribution in [0.5, 0.6) is 5.75 Å². The molecule has 6 nitrogen and oxygen atoms in total. The molecule has 6 heteroatoms. The van der Waals surface area contributed by atoms with Gasteiger partial charge in [0.1, 0.15) is 17.8 Å². The van der Waals surface area contributed by atoms with Crippen LogP contribution in [0.2, 0.25) is 0 Å². The maximum absolute atomic E-state index is 13.7. The number of urea groups is 1. The lowest BCUT2D eigenvalue weighted by Gasteiger charge is -2.41. The molecule has 1 saturated carbocycles. The molecular formula is C26H27N3O3. The average molecular weight is 430 g/mol. The second-order valence-electron chi connectivity index (χ2n) is 9.23. The summed E-state index contributed by atoms with van der Waals surface area (Å²) in [6.45, 7) is 2.57. The molecule has 2 aliphatic heterocycles. The van der Waals surface area contributed by atoms with Gasteiger partial charge in [-0.2, -0.15) is 0 Å². The summed E-state index contributed by atoms with van der Waals surface area (Å²) in [6.07, 6.45) is 3.63. The molecule has 6 rings (SSSR count). The van der Waals surface area contributed by atoms with Crippen LogP contribution in [0.1, 0.15) is 55.5 Å². The summed E-state index contributed by atoms with van der Waals surface area (Å²) in [5.74, 6) is 0.737. The minimum atomic E-state index is -0.439. The Labute approximate surface area is 187 Å². The van der Waals surface area contributed by atoms with Gasteiger partial charge in [-0.05, 0) is 48.6 Å². The van der Waals surface area contributed by atoms with Gasteiger partial charge >= 0.3 is 6.03 Å². The lowest BCUT2D eigenvalue weighted by atomic mass is 9.78. The zero-order valence-electron chi connectivity index (χ0n) is 18.4. The van der Waals surface area contributed by atoms with Crippen molar-refractivity contribution in [1.29, 1.82) is 0 Å². The maximum Gasteiger partial charge on any atom is 0.328 e. The third kappa shape index (κ3) is 2.46. The van der Waals surface area contributed by atoms with E-state index in [1.807, 2.05) is 35.2 Å². The van der Waals surface area contributed by atoms with Crippen LogP contribution in [-0.4, -0.2) is 46.4 Å². The van der Waals surface area contributed by atoms with Gasteiger partial charge in [0.05, 0.1) is 7.11 Å². The van der Waals surface area contributed by atoms with Crippen molar-refractivity contribution in [2.75, 3.05) is 13.7 Å². The number of imide groups is 1. The van der Waals surface area contributed by atoms with Gasteiger partial charge in [-0.3, -0.25) is 14.6 Å². The van der Waals surface area contributed by atoms with Crippen LogP contribution in [0.25, 0.3) is 10.9 Å². The summed E-state index contributed by atoms with van der Waals surface area (Å²) in [7, 11) is 1.65. The molecule has 3 aromatic rings. The van der Waals surface area contributed by atoms with Crippen molar-refractivity contribution < 1.29 is 14.3 Å². The van der Waals surface area contributed by atoms with Gasteiger partial charge in [-0.15, -0.1) is 0 Å². The molecule has 32 heavy (non-hydrogen) atoms. The SMILES string of the molecule is CCCCN1C(=O)[C@@H]2N(C1=O)[C@H](c1ccc(OC)cc1)c1[nH]c3ccccc3c1C21CC1. The van der Waals surface area contributed by atoms with E-state index in [2.05, 4.69) is 30.1 Å². The molecule has 1 N–H and O–H groups in total. The predicted molar refractivity (Wildman–Crippen MR) is 122 cm³/mol. The van der Waals surface area contributed by atoms with Gasteiger partial charge in [-0.25, -0.2) is 4.79 Å². The molecule has 3 amide bonds. The topological polar surface area (TPSA) is 65.6 Å². The van der Waals surface area contributed by atoms with Gasteiger partial charge in [0.2, 0.25) is 0 Å². The zero-order valence-corrected chi connectivity index (χ0v) is 18.4. The van der Waals surface area contributed by atoms with Crippen LogP contribution < -0.4 is 4.74 Å². The normalized spacial score (nSPS) is 23.1. The van der Waals surface area contributed by atoms with Crippen LogP contribution in [0.3, 0.4) is 0 Å². The summed E-state index contributed by atoms with van der Waals surface area (Å²) in [5, 5.41) is 1.17. The summed E-state index contributed by atoms with van der Waals surface area (Å²) in [5.41, 5.74) is 4.03. The fraction of sp³-hybridized carbons (Fsp3) is 0.385. The monoisotopic (exact) mass is 429 g/mol. The Morgan fingerprint density at radius 3 is 2.53 bits per heavy atom. The highest BCUT2D eigenvalue weighted by Crippen LogP contribution is 2.62. The average Bonchev–Trinajstić information content (AvgIpc) is 3.42. The number of unbranched alkanes of at least 4 members (excludes halogenated alkanes) is 1. The Morgan fingerprint density at radius 2 is 1.84 bits per heavy atom. The Morgan fingerprint density at radius 1 is 1.09 bits per heavy atom. The van der Waals surface area contributed by atoms with Gasteiger partial charge in [0, 0.05) is 28.6 Å². The second kappa shape index (κ2) is 6.86. The fourth-order valence-corrected chi connectivity index (χ4v) is 5.85. The van der Waals surface area contributed by atoms with Crippen LogP contribution in [0, 0.1) is 0 Å². The Balaban J connectivity index is 1.58. The molecule has 2 aromatic carbocycles. The van der Waals surface area contributed by atoms with Crippen molar-refractivity contribution in [3.8, 4) is 5.75 Å². The Hall–Kier alpha value is -3.28. The number of ether oxygens (including phenoxy) is 1. The standard InChI is InChI=1S/C26H27N3O3/c1-3-4-15-28-24(30)23-26(13-14-26)20-18-7-5-6-8-19(18)27-21(20)22(29(23)25(28)31)16-9-11-17(32-2)12-10-16/h5-12,22-23,27H,3-4,13-15H2,1-2H3/t22-,23+/m1/s1. The van der Waals surface area contributed by atoms with Gasteiger partial charge in [0.15, 0.2) is 0 Å². The highest BCUT2D eigenvalue weighted by molar-refractivity contribution is 6.07. The number of methoxy groups -OCH3 is 1. The van der Waals surface area contributed by atoms with E-state index in [4.69, 9.17) is 4.74 Å². The number of carbonyl (C=O) groups excluding carboxylic acids is 2. The second-order valence-corrected chi connectivity index (χ2v) is 9.23. The quantitative estimate of drug-likeness (QED) is 0.596. The largest absolute Gasteiger partial charge is 0.497 e. The molecule has 0 unspecified atom stereocenters. The molecule has 1 saturated heterocycles. The van der Waals surface area contributed by atoms with E-state index >= 15 is 0 Å². The van der Waals surface area contributed by atoms with Gasteiger partial charge < -0.3 is 9.72 Å². The van der Waals surface area contributed by atoms with E-state index in [1.165, 1.54) is 15.8 Å². The maximum atomic E-state index is 13.7. The molecule has 2 atom stereocenters. The summed E-state index contributed by atoms with van der Waals surface area (Å²) in [6, 6.07) is 15.2. The van der Waals surface area contributed by atoms with E-state index < -0.39 is 6.04 Å². The number of H-pyrrole nitrogens is 1. The number of benzene rings is 2. The molecular weight excluding hydrogens is 402 g/mol. The summed E-state index contributed by atoms with van der Waals surface area (Å²) >= 11 is 0. The number of carbonyl (C=O) groups is 2. The van der Waals surface area contributed by atoms with E-state index in [9.17, 15) is 9.59 Å². The van der Waals surface area contributed by atoms with Crippen molar-refractivity contribution in [3.63, 3.8) is 0 Å². The highest BCUT2D eigenvalue weighted by atomic mass is 16.5. The number of nitrogens with zero attached hydrogens (tertiary/aromatic N) is 2. The van der Waals surface area contributed by atoms with Crippen LogP contribution >= 0.6 is 0 Å². The smallest absolute Gasteiger partial charge is 0.328 e. The third-order valence-corrected chi connectivity index (χ3v) is 7.49. The van der Waals surface area contributed by atoms with Crippen molar-refractivity contribution in [1.82, 2.24) is 14.8 Å². The molecule has 1 aromatic heterocycles. The molecule has 164 valence electrons. The van der Waals surface area contributed by atoms with Crippen molar-refractivity contribution in [2.45, 2.75) is 50.1 Å². The van der Waals surface area contributed by atoms with Crippen molar-refractivity contribution in [3.05, 3.63) is 65.4 Å². The molecule has 3 aliphatic rings. The van der Waals surface area contributed by atoms with E-state index in [-0.39, 0.29) is 23.4 Å². The molecule has 1 spiro atoms. The van der Waals surface area contributed by atoms with Crippen molar-refractivity contribution >= 4 is 22.8 Å². The number of nitrogens with one attached hydrogen (secondary N) is 1. The number of rotatable bonds is 5. The van der Waals surface area contributed by atoms with Gasteiger partial charge in [0.25, 0.3) is 5.91 Å². The number of aromatic nitrogens is 1.